The summed E-state index contributed by atoms with van der Waals surface area (Å²) in [7, 11) is 1.60. The highest BCUT2D eigenvalue weighted by Crippen LogP contribution is 2.36. The van der Waals surface area contributed by atoms with Gasteiger partial charge in [-0.3, -0.25) is 9.69 Å². The molecule has 1 aliphatic heterocycles. The Morgan fingerprint density at radius 2 is 1.59 bits per heavy atom. The zero-order valence-electron chi connectivity index (χ0n) is 21.4. The van der Waals surface area contributed by atoms with Crippen molar-refractivity contribution in [3.8, 4) is 11.5 Å². The number of amidine groups is 1. The Labute approximate surface area is 237 Å². The SMILES string of the molecule is COc1cc(/C=C2/SC(=Nc3ccccc3)N(CCc3ccccc3)C2=O)ccc1OCc1ccc(Cl)cc1. The normalized spacial score (nSPS) is 15.2. The smallest absolute Gasteiger partial charge is 0.266 e. The predicted octanol–water partition coefficient (Wildman–Crippen LogP) is 7.77. The van der Waals surface area contributed by atoms with Crippen LogP contribution < -0.4 is 9.47 Å². The van der Waals surface area contributed by atoms with Gasteiger partial charge >= 0.3 is 0 Å². The molecule has 0 atom stereocenters. The van der Waals surface area contributed by atoms with Gasteiger partial charge in [-0.15, -0.1) is 0 Å². The van der Waals surface area contributed by atoms with Crippen molar-refractivity contribution < 1.29 is 14.3 Å². The highest BCUT2D eigenvalue weighted by Gasteiger charge is 2.33. The van der Waals surface area contributed by atoms with Crippen molar-refractivity contribution in [1.82, 2.24) is 4.90 Å². The van der Waals surface area contributed by atoms with Gasteiger partial charge in [0, 0.05) is 11.6 Å². The molecule has 4 aromatic carbocycles. The zero-order chi connectivity index (χ0) is 27.0. The molecular weight excluding hydrogens is 528 g/mol. The van der Waals surface area contributed by atoms with Gasteiger partial charge < -0.3 is 9.47 Å². The van der Waals surface area contributed by atoms with Gasteiger partial charge in [-0.25, -0.2) is 4.99 Å². The third-order valence-corrected chi connectivity index (χ3v) is 7.39. The Bertz CT molecular complexity index is 1490. The highest BCUT2D eigenvalue weighted by atomic mass is 35.5. The van der Waals surface area contributed by atoms with E-state index in [1.165, 1.54) is 17.3 Å². The molecule has 1 aliphatic rings. The molecule has 1 heterocycles. The van der Waals surface area contributed by atoms with Crippen LogP contribution in [0.5, 0.6) is 11.5 Å². The summed E-state index contributed by atoms with van der Waals surface area (Å²) in [5, 5.41) is 1.35. The second-order valence-corrected chi connectivity index (χ2v) is 10.3. The number of methoxy groups -OCH3 is 1. The van der Waals surface area contributed by atoms with E-state index in [4.69, 9.17) is 26.1 Å². The number of thioether (sulfide) groups is 1. The number of carbonyl (C=O) groups excluding carboxylic acids is 1. The first-order valence-corrected chi connectivity index (χ1v) is 13.7. The Morgan fingerprint density at radius 3 is 2.31 bits per heavy atom. The average molecular weight is 555 g/mol. The molecule has 0 bridgehead atoms. The summed E-state index contributed by atoms with van der Waals surface area (Å²) in [5.41, 5.74) is 3.82. The maximum absolute atomic E-state index is 13.5. The van der Waals surface area contributed by atoms with Gasteiger partial charge in [-0.1, -0.05) is 78.3 Å². The second kappa shape index (κ2) is 12.7. The maximum atomic E-state index is 13.5. The molecule has 1 amide bonds. The number of ether oxygens (including phenoxy) is 2. The van der Waals surface area contributed by atoms with Crippen LogP contribution in [-0.4, -0.2) is 29.6 Å². The molecule has 0 aliphatic carbocycles. The van der Waals surface area contributed by atoms with E-state index in [9.17, 15) is 4.79 Å². The standard InChI is InChI=1S/C32H27ClN2O3S/c1-37-29-20-25(14-17-28(29)38-22-24-12-15-26(33)16-13-24)21-30-31(36)35(19-18-23-8-4-2-5-9-23)32(39-30)34-27-10-6-3-7-11-27/h2-17,20-21H,18-19,22H2,1H3/b30-21+,34-32?. The monoisotopic (exact) mass is 554 g/mol. The third-order valence-electron chi connectivity index (χ3n) is 6.13. The van der Waals surface area contributed by atoms with Crippen LogP contribution in [0.2, 0.25) is 5.02 Å². The Balaban J connectivity index is 1.36. The van der Waals surface area contributed by atoms with Crippen LogP contribution >= 0.6 is 23.4 Å². The van der Waals surface area contributed by atoms with E-state index in [2.05, 4.69) is 12.1 Å². The average Bonchev–Trinajstić information content (AvgIpc) is 3.26. The number of hydrogen-bond donors (Lipinski definition) is 0. The molecular formula is C32H27ClN2O3S. The van der Waals surface area contributed by atoms with Crippen molar-refractivity contribution in [2.24, 2.45) is 4.99 Å². The van der Waals surface area contributed by atoms with Crippen LogP contribution in [0.25, 0.3) is 6.08 Å². The first-order chi connectivity index (χ1) is 19.1. The number of benzene rings is 4. The minimum Gasteiger partial charge on any atom is -0.493 e. The van der Waals surface area contributed by atoms with Crippen LogP contribution in [0.4, 0.5) is 5.69 Å². The number of rotatable bonds is 9. The van der Waals surface area contributed by atoms with Gasteiger partial charge in [0.05, 0.1) is 17.7 Å². The molecule has 39 heavy (non-hydrogen) atoms. The molecule has 1 fully saturated rings. The summed E-state index contributed by atoms with van der Waals surface area (Å²) in [6.45, 7) is 0.928. The number of para-hydroxylation sites is 1. The van der Waals surface area contributed by atoms with Crippen LogP contribution in [0.1, 0.15) is 16.7 Å². The molecule has 0 unspecified atom stereocenters. The van der Waals surface area contributed by atoms with Crippen molar-refractivity contribution in [2.45, 2.75) is 13.0 Å². The fourth-order valence-corrected chi connectivity index (χ4v) is 5.22. The van der Waals surface area contributed by atoms with Crippen LogP contribution in [0, 0.1) is 0 Å². The van der Waals surface area contributed by atoms with Crippen molar-refractivity contribution in [3.05, 3.63) is 130 Å². The lowest BCUT2D eigenvalue weighted by atomic mass is 10.1. The molecule has 7 heteroatoms. The summed E-state index contributed by atoms with van der Waals surface area (Å²) in [6.07, 6.45) is 2.61. The first-order valence-electron chi connectivity index (χ1n) is 12.5. The minimum atomic E-state index is -0.0624. The molecule has 0 aromatic heterocycles. The van der Waals surface area contributed by atoms with E-state index < -0.39 is 0 Å². The van der Waals surface area contributed by atoms with Gasteiger partial charge in [0.1, 0.15) is 6.61 Å². The van der Waals surface area contributed by atoms with E-state index in [0.717, 1.165) is 23.2 Å². The highest BCUT2D eigenvalue weighted by molar-refractivity contribution is 8.18. The van der Waals surface area contributed by atoms with Crippen LogP contribution in [-0.2, 0) is 17.8 Å². The number of carbonyl (C=O) groups is 1. The third kappa shape index (κ3) is 6.91. The van der Waals surface area contributed by atoms with Gasteiger partial charge in [0.2, 0.25) is 0 Å². The molecule has 5 rings (SSSR count). The van der Waals surface area contributed by atoms with Crippen LogP contribution in [0.15, 0.2) is 113 Å². The Kier molecular flexibility index (Phi) is 8.66. The van der Waals surface area contributed by atoms with Gasteiger partial charge in [-0.05, 0) is 77.3 Å². The van der Waals surface area contributed by atoms with Gasteiger partial charge in [0.25, 0.3) is 5.91 Å². The predicted molar refractivity (Wildman–Crippen MR) is 160 cm³/mol. The quantitative estimate of drug-likeness (QED) is 0.198. The number of halogens is 1. The molecule has 1 saturated heterocycles. The number of aliphatic imine (C=N–C) groups is 1. The van der Waals surface area contributed by atoms with Crippen LogP contribution in [0.3, 0.4) is 0 Å². The van der Waals surface area contributed by atoms with E-state index in [0.29, 0.717) is 39.7 Å². The second-order valence-electron chi connectivity index (χ2n) is 8.86. The van der Waals surface area contributed by atoms with E-state index in [-0.39, 0.29) is 5.91 Å². The fraction of sp³-hybridized carbons (Fsp3) is 0.125. The van der Waals surface area contributed by atoms with Gasteiger partial charge in [-0.2, -0.15) is 0 Å². The summed E-state index contributed by atoms with van der Waals surface area (Å²) in [5.74, 6) is 1.15. The first kappa shape index (κ1) is 26.6. The molecule has 5 nitrogen and oxygen atoms in total. The van der Waals surface area contributed by atoms with Crippen molar-refractivity contribution >= 4 is 46.2 Å². The summed E-state index contributed by atoms with van der Waals surface area (Å²) in [6, 6.07) is 33.0. The number of nitrogens with zero attached hydrogens (tertiary/aromatic N) is 2. The lowest BCUT2D eigenvalue weighted by molar-refractivity contribution is -0.122. The topological polar surface area (TPSA) is 51.1 Å². The molecule has 0 saturated carbocycles. The van der Waals surface area contributed by atoms with Crippen molar-refractivity contribution in [3.63, 3.8) is 0 Å². The molecule has 0 N–H and O–H groups in total. The van der Waals surface area contributed by atoms with Crippen molar-refractivity contribution in [1.29, 1.82) is 0 Å². The van der Waals surface area contributed by atoms with E-state index in [1.54, 1.807) is 12.0 Å². The van der Waals surface area contributed by atoms with E-state index in [1.807, 2.05) is 97.1 Å². The lowest BCUT2D eigenvalue weighted by Crippen LogP contribution is -2.31. The number of hydrogen-bond acceptors (Lipinski definition) is 5. The molecule has 0 radical (unpaired) electrons. The minimum absolute atomic E-state index is 0.0624. The zero-order valence-corrected chi connectivity index (χ0v) is 23.0. The van der Waals surface area contributed by atoms with E-state index >= 15 is 0 Å². The number of amides is 1. The largest absolute Gasteiger partial charge is 0.493 e. The Hall–Kier alpha value is -4.00. The summed E-state index contributed by atoms with van der Waals surface area (Å²) in [4.78, 5) is 20.7. The lowest BCUT2D eigenvalue weighted by Gasteiger charge is -2.15. The molecule has 4 aromatic rings. The van der Waals surface area contributed by atoms with Crippen molar-refractivity contribution in [2.75, 3.05) is 13.7 Å². The molecule has 0 spiro atoms. The Morgan fingerprint density at radius 1 is 0.872 bits per heavy atom. The summed E-state index contributed by atoms with van der Waals surface area (Å²) < 4.78 is 11.6. The fourth-order valence-electron chi connectivity index (χ4n) is 4.07. The van der Waals surface area contributed by atoms with Gasteiger partial charge in [0.15, 0.2) is 16.7 Å². The maximum Gasteiger partial charge on any atom is 0.266 e. The summed E-state index contributed by atoms with van der Waals surface area (Å²) >= 11 is 7.36. The molecule has 196 valence electrons.